The molecule has 2 N–H and O–H groups in total. The first-order valence-electron chi connectivity index (χ1n) is 10.5. The molecule has 0 spiro atoms. The van der Waals surface area contributed by atoms with Gasteiger partial charge in [-0.1, -0.05) is 36.4 Å². The van der Waals surface area contributed by atoms with Crippen molar-refractivity contribution in [1.82, 2.24) is 9.36 Å². The zero-order valence-corrected chi connectivity index (χ0v) is 19.8. The zero-order chi connectivity index (χ0) is 24.5. The van der Waals surface area contributed by atoms with Gasteiger partial charge in [-0.25, -0.2) is 13.1 Å². The number of benzene rings is 3. The highest BCUT2D eigenvalue weighted by atomic mass is 32.2. The van der Waals surface area contributed by atoms with Gasteiger partial charge >= 0.3 is 0 Å². The Hall–Kier alpha value is -4.11. The normalized spacial score (nSPS) is 11.3. The molecule has 174 valence electrons. The van der Waals surface area contributed by atoms with Gasteiger partial charge in [-0.15, -0.1) is 0 Å². The number of anilines is 2. The van der Waals surface area contributed by atoms with Crippen molar-refractivity contribution in [1.29, 1.82) is 0 Å². The zero-order valence-electron chi connectivity index (χ0n) is 18.9. The molecule has 9 heteroatoms. The summed E-state index contributed by atoms with van der Waals surface area (Å²) in [4.78, 5) is 26.0. The molecule has 4 rings (SSSR count). The van der Waals surface area contributed by atoms with Crippen molar-refractivity contribution in [3.63, 3.8) is 0 Å². The first-order chi connectivity index (χ1) is 16.2. The highest BCUT2D eigenvalue weighted by Crippen LogP contribution is 2.20. The van der Waals surface area contributed by atoms with E-state index in [2.05, 4.69) is 10.0 Å². The van der Waals surface area contributed by atoms with Gasteiger partial charge in [0.25, 0.3) is 21.5 Å². The summed E-state index contributed by atoms with van der Waals surface area (Å²) in [6.45, 7) is 3.59. The highest BCUT2D eigenvalue weighted by Gasteiger charge is 2.21. The Bertz CT molecular complexity index is 1540. The van der Waals surface area contributed by atoms with Gasteiger partial charge in [0, 0.05) is 18.3 Å². The monoisotopic (exact) mass is 476 g/mol. The van der Waals surface area contributed by atoms with Gasteiger partial charge in [0.05, 0.1) is 16.3 Å². The summed E-state index contributed by atoms with van der Waals surface area (Å²) in [5, 5.41) is 2.65. The van der Waals surface area contributed by atoms with Gasteiger partial charge in [0.1, 0.15) is 5.69 Å². The number of carbonyl (C=O) groups is 1. The Kier molecular flexibility index (Phi) is 6.12. The summed E-state index contributed by atoms with van der Waals surface area (Å²) in [5.74, 6) is -0.585. The van der Waals surface area contributed by atoms with E-state index in [1.165, 1.54) is 28.9 Å². The lowest BCUT2D eigenvalue weighted by Crippen LogP contribution is -2.23. The Labute approximate surface area is 197 Å². The maximum Gasteiger partial charge on any atom is 0.295 e. The van der Waals surface area contributed by atoms with Gasteiger partial charge in [0.15, 0.2) is 0 Å². The van der Waals surface area contributed by atoms with E-state index >= 15 is 0 Å². The SMILES string of the molecule is Cc1cccc(NS(=O)(=O)c2cccc(C(=O)Nc3c(C)n(C)n(-c4ccccc4)c3=O)c2)c1. The first-order valence-corrected chi connectivity index (χ1v) is 12.0. The largest absolute Gasteiger partial charge is 0.316 e. The Morgan fingerprint density at radius 2 is 1.59 bits per heavy atom. The van der Waals surface area contributed by atoms with Crippen molar-refractivity contribution in [2.45, 2.75) is 18.7 Å². The number of hydrogen-bond donors (Lipinski definition) is 2. The molecule has 0 atom stereocenters. The second-order valence-corrected chi connectivity index (χ2v) is 9.58. The molecule has 0 saturated carbocycles. The molecule has 0 aliphatic carbocycles. The molecular formula is C25H24N4O4S. The molecule has 0 fully saturated rings. The fourth-order valence-electron chi connectivity index (χ4n) is 3.63. The quantitative estimate of drug-likeness (QED) is 0.441. The molecule has 0 radical (unpaired) electrons. The van der Waals surface area contributed by atoms with Crippen molar-refractivity contribution >= 4 is 27.3 Å². The van der Waals surface area contributed by atoms with Gasteiger partial charge in [-0.05, 0) is 61.9 Å². The summed E-state index contributed by atoms with van der Waals surface area (Å²) in [6, 6.07) is 21.7. The van der Waals surface area contributed by atoms with Gasteiger partial charge in [-0.2, -0.15) is 0 Å². The number of nitrogens with zero attached hydrogens (tertiary/aromatic N) is 2. The van der Waals surface area contributed by atoms with Crippen LogP contribution in [0.4, 0.5) is 11.4 Å². The van der Waals surface area contributed by atoms with Crippen molar-refractivity contribution in [2.75, 3.05) is 10.0 Å². The number of para-hydroxylation sites is 1. The second-order valence-electron chi connectivity index (χ2n) is 7.89. The predicted molar refractivity (Wildman–Crippen MR) is 132 cm³/mol. The Morgan fingerprint density at radius 3 is 2.29 bits per heavy atom. The summed E-state index contributed by atoms with van der Waals surface area (Å²) in [6.07, 6.45) is 0. The van der Waals surface area contributed by atoms with Crippen LogP contribution in [0.25, 0.3) is 5.69 Å². The molecule has 0 aliphatic heterocycles. The minimum Gasteiger partial charge on any atom is -0.316 e. The predicted octanol–water partition coefficient (Wildman–Crippen LogP) is 3.85. The summed E-state index contributed by atoms with van der Waals surface area (Å²) >= 11 is 0. The Morgan fingerprint density at radius 1 is 0.882 bits per heavy atom. The second kappa shape index (κ2) is 9.03. The number of rotatable bonds is 6. The third kappa shape index (κ3) is 4.51. The fraction of sp³-hybridized carbons (Fsp3) is 0.120. The van der Waals surface area contributed by atoms with Crippen LogP contribution in [0, 0.1) is 13.8 Å². The highest BCUT2D eigenvalue weighted by molar-refractivity contribution is 7.92. The van der Waals surface area contributed by atoms with Crippen LogP contribution in [0.5, 0.6) is 0 Å². The topological polar surface area (TPSA) is 102 Å². The van der Waals surface area contributed by atoms with E-state index in [1.54, 1.807) is 49.0 Å². The molecule has 1 aromatic heterocycles. The number of aromatic nitrogens is 2. The van der Waals surface area contributed by atoms with E-state index in [9.17, 15) is 18.0 Å². The van der Waals surface area contributed by atoms with Crippen molar-refractivity contribution in [3.8, 4) is 5.69 Å². The van der Waals surface area contributed by atoms with Crippen molar-refractivity contribution < 1.29 is 13.2 Å². The third-order valence-corrected chi connectivity index (χ3v) is 6.85. The average molecular weight is 477 g/mol. The van der Waals surface area contributed by atoms with Gasteiger partial charge in [0.2, 0.25) is 0 Å². The van der Waals surface area contributed by atoms with E-state index in [4.69, 9.17) is 0 Å². The van der Waals surface area contributed by atoms with Crippen molar-refractivity contribution in [2.24, 2.45) is 7.05 Å². The van der Waals surface area contributed by atoms with Crippen molar-refractivity contribution in [3.05, 3.63) is 106 Å². The molecular weight excluding hydrogens is 452 g/mol. The number of amides is 1. The number of nitrogens with one attached hydrogen (secondary N) is 2. The fourth-order valence-corrected chi connectivity index (χ4v) is 4.72. The average Bonchev–Trinajstić information content (AvgIpc) is 3.02. The number of aryl methyl sites for hydroxylation is 1. The van der Waals surface area contributed by atoms with Crippen LogP contribution in [0.3, 0.4) is 0 Å². The van der Waals surface area contributed by atoms with Crippen LogP contribution in [0.2, 0.25) is 0 Å². The van der Waals surface area contributed by atoms with E-state index in [-0.39, 0.29) is 21.7 Å². The van der Waals surface area contributed by atoms with E-state index in [0.717, 1.165) is 5.56 Å². The number of hydrogen-bond acceptors (Lipinski definition) is 4. The molecule has 1 amide bonds. The van der Waals surface area contributed by atoms with Crippen LogP contribution in [0.1, 0.15) is 21.6 Å². The van der Waals surface area contributed by atoms with E-state index < -0.39 is 15.9 Å². The summed E-state index contributed by atoms with van der Waals surface area (Å²) in [5.41, 5.74) is 2.41. The minimum atomic E-state index is -3.91. The molecule has 3 aromatic carbocycles. The summed E-state index contributed by atoms with van der Waals surface area (Å²) < 4.78 is 31.4. The lowest BCUT2D eigenvalue weighted by molar-refractivity contribution is 0.102. The number of carbonyl (C=O) groups excluding carboxylic acids is 1. The van der Waals surface area contributed by atoms with Crippen LogP contribution < -0.4 is 15.6 Å². The van der Waals surface area contributed by atoms with Crippen LogP contribution in [0.15, 0.2) is 88.6 Å². The van der Waals surface area contributed by atoms with E-state index in [0.29, 0.717) is 17.1 Å². The van der Waals surface area contributed by atoms with E-state index in [1.807, 2.05) is 31.2 Å². The molecule has 0 unspecified atom stereocenters. The van der Waals surface area contributed by atoms with Crippen LogP contribution in [-0.4, -0.2) is 23.7 Å². The minimum absolute atomic E-state index is 0.0619. The third-order valence-electron chi connectivity index (χ3n) is 5.47. The number of sulfonamides is 1. The maximum atomic E-state index is 13.1. The maximum absolute atomic E-state index is 13.1. The standard InChI is InChI=1S/C25H24N4O4S/c1-17-9-7-11-20(15-17)27-34(32,33)22-14-8-10-19(16-22)24(30)26-23-18(2)28(3)29(25(23)31)21-12-5-4-6-13-21/h4-16,27H,1-3H3,(H,26,30). The Balaban J connectivity index is 1.62. The summed E-state index contributed by atoms with van der Waals surface area (Å²) in [7, 11) is -2.19. The van der Waals surface area contributed by atoms with Crippen LogP contribution >= 0.6 is 0 Å². The lowest BCUT2D eigenvalue weighted by atomic mass is 10.2. The first kappa shape index (κ1) is 23.1. The molecule has 0 bridgehead atoms. The molecule has 1 heterocycles. The molecule has 0 aliphatic rings. The van der Waals surface area contributed by atoms with Crippen LogP contribution in [-0.2, 0) is 17.1 Å². The van der Waals surface area contributed by atoms with Gasteiger partial charge < -0.3 is 5.32 Å². The molecule has 34 heavy (non-hydrogen) atoms. The van der Waals surface area contributed by atoms with Gasteiger partial charge in [-0.3, -0.25) is 19.0 Å². The smallest absolute Gasteiger partial charge is 0.295 e. The molecule has 8 nitrogen and oxygen atoms in total. The molecule has 0 saturated heterocycles. The molecule has 4 aromatic rings. The lowest BCUT2D eigenvalue weighted by Gasteiger charge is -2.10.